The van der Waals surface area contributed by atoms with Crippen LogP contribution in [-0.2, 0) is 6.18 Å². The van der Waals surface area contributed by atoms with Crippen LogP contribution in [0.5, 0.6) is 5.75 Å². The summed E-state index contributed by atoms with van der Waals surface area (Å²) in [7, 11) is 0. The van der Waals surface area contributed by atoms with E-state index >= 15 is 0 Å². The fourth-order valence-electron chi connectivity index (χ4n) is 4.51. The highest BCUT2D eigenvalue weighted by atomic mass is 19.4. The second-order valence-corrected chi connectivity index (χ2v) is 8.15. The van der Waals surface area contributed by atoms with E-state index in [0.717, 1.165) is 63.1 Å². The highest BCUT2D eigenvalue weighted by Crippen LogP contribution is 2.45. The van der Waals surface area contributed by atoms with Crippen LogP contribution >= 0.6 is 0 Å². The molecule has 5 rings (SSSR count). The van der Waals surface area contributed by atoms with Crippen LogP contribution in [0.15, 0.2) is 18.2 Å². The van der Waals surface area contributed by atoms with Crippen LogP contribution in [0.2, 0.25) is 0 Å². The Bertz CT molecular complexity index is 931. The van der Waals surface area contributed by atoms with Gasteiger partial charge in [0.05, 0.1) is 11.3 Å². The average Bonchev–Trinajstić information content (AvgIpc) is 3.46. The Morgan fingerprint density at radius 1 is 1.10 bits per heavy atom. The number of fused-ring (bicyclic) bond motifs is 1. The molecule has 6 nitrogen and oxygen atoms in total. The lowest BCUT2D eigenvalue weighted by atomic mass is 9.93. The maximum Gasteiger partial charge on any atom is 0.416 e. The highest BCUT2D eigenvalue weighted by Gasteiger charge is 2.39. The molecule has 2 saturated heterocycles. The number of alkyl halides is 3. The lowest BCUT2D eigenvalue weighted by Gasteiger charge is -2.32. The quantitative estimate of drug-likeness (QED) is 0.816. The minimum absolute atomic E-state index is 0.212. The van der Waals surface area contributed by atoms with Gasteiger partial charge < -0.3 is 15.3 Å². The SMILES string of the molecule is Oc1cc(C(F)(F)F)ccc1-c1nnc(N2CCC3CCNCC32)nc1C1CC1. The van der Waals surface area contributed by atoms with Crippen molar-refractivity contribution >= 4 is 5.95 Å². The number of rotatable bonds is 3. The van der Waals surface area contributed by atoms with Gasteiger partial charge in [0, 0.05) is 30.6 Å². The number of hydrogen-bond donors (Lipinski definition) is 2. The first-order valence-corrected chi connectivity index (χ1v) is 10.0. The maximum atomic E-state index is 12.9. The number of aromatic nitrogens is 3. The first kappa shape index (κ1) is 18.6. The second-order valence-electron chi connectivity index (χ2n) is 8.15. The predicted molar refractivity (Wildman–Crippen MR) is 101 cm³/mol. The Morgan fingerprint density at radius 3 is 2.66 bits per heavy atom. The van der Waals surface area contributed by atoms with Crippen LogP contribution < -0.4 is 10.2 Å². The summed E-state index contributed by atoms with van der Waals surface area (Å²) in [6.45, 7) is 2.81. The van der Waals surface area contributed by atoms with Gasteiger partial charge in [0.25, 0.3) is 0 Å². The van der Waals surface area contributed by atoms with E-state index in [1.807, 2.05) is 0 Å². The summed E-state index contributed by atoms with van der Waals surface area (Å²) in [6, 6.07) is 3.30. The van der Waals surface area contributed by atoms with E-state index in [1.54, 1.807) is 0 Å². The van der Waals surface area contributed by atoms with E-state index in [2.05, 4.69) is 20.4 Å². The van der Waals surface area contributed by atoms with Crippen LogP contribution in [0.1, 0.15) is 42.9 Å². The van der Waals surface area contributed by atoms with E-state index in [9.17, 15) is 18.3 Å². The van der Waals surface area contributed by atoms with Crippen molar-refractivity contribution in [2.45, 2.75) is 43.8 Å². The topological polar surface area (TPSA) is 74.2 Å². The van der Waals surface area contributed by atoms with Crippen molar-refractivity contribution in [3.63, 3.8) is 0 Å². The van der Waals surface area contributed by atoms with Crippen molar-refractivity contribution < 1.29 is 18.3 Å². The summed E-state index contributed by atoms with van der Waals surface area (Å²) in [6.07, 6.45) is -0.346. The van der Waals surface area contributed by atoms with E-state index < -0.39 is 17.5 Å². The minimum atomic E-state index is -4.51. The Balaban J connectivity index is 1.51. The average molecular weight is 405 g/mol. The van der Waals surface area contributed by atoms with Crippen molar-refractivity contribution in [1.29, 1.82) is 0 Å². The van der Waals surface area contributed by atoms with Gasteiger partial charge in [-0.25, -0.2) is 4.98 Å². The minimum Gasteiger partial charge on any atom is -0.507 e. The molecular weight excluding hydrogens is 383 g/mol. The van der Waals surface area contributed by atoms with Crippen LogP contribution in [0.25, 0.3) is 11.3 Å². The van der Waals surface area contributed by atoms with E-state index in [-0.39, 0.29) is 11.5 Å². The number of halogens is 3. The van der Waals surface area contributed by atoms with Gasteiger partial charge in [-0.15, -0.1) is 10.2 Å². The van der Waals surface area contributed by atoms with Crippen LogP contribution in [0, 0.1) is 5.92 Å². The first-order chi connectivity index (χ1) is 13.9. The lowest BCUT2D eigenvalue weighted by molar-refractivity contribution is -0.137. The highest BCUT2D eigenvalue weighted by molar-refractivity contribution is 5.70. The number of benzene rings is 1. The number of aromatic hydroxyl groups is 1. The molecule has 3 heterocycles. The fraction of sp³-hybridized carbons (Fsp3) is 0.550. The second kappa shape index (κ2) is 6.83. The Kier molecular flexibility index (Phi) is 4.38. The molecule has 2 N–H and O–H groups in total. The molecule has 0 spiro atoms. The Morgan fingerprint density at radius 2 is 1.93 bits per heavy atom. The third-order valence-corrected chi connectivity index (χ3v) is 6.23. The predicted octanol–water partition coefficient (Wildman–Crippen LogP) is 3.33. The third-order valence-electron chi connectivity index (χ3n) is 6.23. The maximum absolute atomic E-state index is 12.9. The molecule has 3 aliphatic rings. The number of hydrogen-bond acceptors (Lipinski definition) is 6. The molecule has 2 atom stereocenters. The van der Waals surface area contributed by atoms with Crippen molar-refractivity contribution in [2.75, 3.05) is 24.5 Å². The van der Waals surface area contributed by atoms with Gasteiger partial charge in [-0.3, -0.25) is 0 Å². The van der Waals surface area contributed by atoms with Crippen molar-refractivity contribution in [3.8, 4) is 17.0 Å². The third kappa shape index (κ3) is 3.41. The Labute approximate surface area is 166 Å². The molecule has 3 fully saturated rings. The summed E-state index contributed by atoms with van der Waals surface area (Å²) in [4.78, 5) is 6.99. The zero-order valence-corrected chi connectivity index (χ0v) is 15.8. The molecular formula is C20H22F3N5O. The molecule has 2 aromatic rings. The summed E-state index contributed by atoms with van der Waals surface area (Å²) in [5.41, 5.74) is 0.444. The molecule has 0 radical (unpaired) electrons. The van der Waals surface area contributed by atoms with E-state index in [0.29, 0.717) is 23.6 Å². The van der Waals surface area contributed by atoms with Gasteiger partial charge in [0.15, 0.2) is 0 Å². The summed E-state index contributed by atoms with van der Waals surface area (Å²) in [5, 5.41) is 22.3. The fourth-order valence-corrected chi connectivity index (χ4v) is 4.51. The van der Waals surface area contributed by atoms with Crippen LogP contribution in [0.4, 0.5) is 19.1 Å². The first-order valence-electron chi connectivity index (χ1n) is 10.0. The largest absolute Gasteiger partial charge is 0.507 e. The Hall–Kier alpha value is -2.42. The number of nitrogens with one attached hydrogen (secondary N) is 1. The summed E-state index contributed by atoms with van der Waals surface area (Å²) >= 11 is 0. The van der Waals surface area contributed by atoms with Gasteiger partial charge in [0.2, 0.25) is 5.95 Å². The molecule has 1 saturated carbocycles. The van der Waals surface area contributed by atoms with Gasteiger partial charge in [-0.05, 0) is 56.3 Å². The van der Waals surface area contributed by atoms with Crippen molar-refractivity contribution in [2.24, 2.45) is 5.92 Å². The van der Waals surface area contributed by atoms with Gasteiger partial charge in [0.1, 0.15) is 11.4 Å². The van der Waals surface area contributed by atoms with E-state index in [4.69, 9.17) is 4.98 Å². The monoisotopic (exact) mass is 405 g/mol. The molecule has 1 aromatic heterocycles. The molecule has 2 aliphatic heterocycles. The van der Waals surface area contributed by atoms with Gasteiger partial charge in [-0.2, -0.15) is 13.2 Å². The zero-order chi connectivity index (χ0) is 20.2. The zero-order valence-electron chi connectivity index (χ0n) is 15.8. The molecule has 2 unspecified atom stereocenters. The number of phenols is 1. The van der Waals surface area contributed by atoms with Gasteiger partial charge >= 0.3 is 6.18 Å². The molecule has 9 heteroatoms. The number of piperidine rings is 1. The molecule has 29 heavy (non-hydrogen) atoms. The normalized spacial score (nSPS) is 24.6. The van der Waals surface area contributed by atoms with E-state index in [1.165, 1.54) is 6.07 Å². The summed E-state index contributed by atoms with van der Waals surface area (Å²) < 4.78 is 38.8. The number of nitrogens with zero attached hydrogens (tertiary/aromatic N) is 4. The molecule has 0 amide bonds. The molecule has 0 bridgehead atoms. The van der Waals surface area contributed by atoms with Crippen LogP contribution in [0.3, 0.4) is 0 Å². The van der Waals surface area contributed by atoms with Crippen molar-refractivity contribution in [1.82, 2.24) is 20.5 Å². The number of anilines is 1. The van der Waals surface area contributed by atoms with Crippen LogP contribution in [-0.4, -0.2) is 46.0 Å². The lowest BCUT2D eigenvalue weighted by Crippen LogP contribution is -2.46. The van der Waals surface area contributed by atoms with Crippen molar-refractivity contribution in [3.05, 3.63) is 29.5 Å². The smallest absolute Gasteiger partial charge is 0.416 e. The molecule has 1 aliphatic carbocycles. The standard InChI is InChI=1S/C20H22F3N5O/c21-20(22,23)13-3-4-14(16(29)9-13)18-17(12-1-2-12)25-19(27-26-18)28-8-6-11-5-7-24-10-15(11)28/h3-4,9,11-12,15,24,29H,1-2,5-8,10H2. The van der Waals surface area contributed by atoms with Gasteiger partial charge in [-0.1, -0.05) is 0 Å². The molecule has 1 aromatic carbocycles. The number of phenolic OH excluding ortho intramolecular Hbond substituents is 1. The summed E-state index contributed by atoms with van der Waals surface area (Å²) in [5.74, 6) is 0.966. The molecule has 154 valence electrons.